The summed E-state index contributed by atoms with van der Waals surface area (Å²) in [6.45, 7) is 13.6. The van der Waals surface area contributed by atoms with Crippen molar-refractivity contribution in [1.82, 2.24) is 24.4 Å². The van der Waals surface area contributed by atoms with Crippen LogP contribution in [0, 0.1) is 5.41 Å². The van der Waals surface area contributed by atoms with Gasteiger partial charge in [0, 0.05) is 0 Å². The molecule has 10 nitrogen and oxygen atoms in total. The molecule has 1 aromatic carbocycles. The van der Waals surface area contributed by atoms with Crippen molar-refractivity contribution in [1.29, 1.82) is 0 Å². The molecule has 212 valence electrons. The third kappa shape index (κ3) is 7.22. The minimum absolute atomic E-state index is 0.112. The molecule has 4 rings (SSSR count). The van der Waals surface area contributed by atoms with Crippen LogP contribution in [-0.2, 0) is 11.3 Å². The Morgan fingerprint density at radius 3 is 2.41 bits per heavy atom. The Morgan fingerprint density at radius 1 is 1.13 bits per heavy atom. The van der Waals surface area contributed by atoms with Gasteiger partial charge in [-0.3, -0.25) is 0 Å². The van der Waals surface area contributed by atoms with E-state index in [-0.39, 0.29) is 18.3 Å². The number of ether oxygens (including phenoxy) is 3. The van der Waals surface area contributed by atoms with Crippen LogP contribution >= 0.6 is 11.8 Å². The molecule has 3 aromatic rings. The summed E-state index contributed by atoms with van der Waals surface area (Å²) >= 11 is -1.02. The van der Waals surface area contributed by atoms with Crippen molar-refractivity contribution in [2.45, 2.75) is 78.6 Å². The van der Waals surface area contributed by atoms with E-state index in [2.05, 4.69) is 57.7 Å². The van der Waals surface area contributed by atoms with Gasteiger partial charge in [-0.1, -0.05) is 0 Å². The second kappa shape index (κ2) is 10.9. The fourth-order valence-electron chi connectivity index (χ4n) is 4.26. The number of rotatable bonds is 7. The van der Waals surface area contributed by atoms with Gasteiger partial charge in [0.25, 0.3) is 0 Å². The first kappa shape index (κ1) is 29.6. The number of amides is 1. The van der Waals surface area contributed by atoms with Gasteiger partial charge in [-0.05, 0) is 0 Å². The van der Waals surface area contributed by atoms with Gasteiger partial charge < -0.3 is 0 Å². The maximum absolute atomic E-state index is 13.2. The number of imidazole rings is 1. The molecule has 12 heteroatoms. The van der Waals surface area contributed by atoms with E-state index in [4.69, 9.17) is 24.9 Å². The number of nitrogen functional groups attached to an aromatic ring is 1. The Bertz CT molecular complexity index is 1370. The van der Waals surface area contributed by atoms with Crippen LogP contribution in [0.1, 0.15) is 41.5 Å². The van der Waals surface area contributed by atoms with E-state index in [1.165, 1.54) is 9.91 Å². The summed E-state index contributed by atoms with van der Waals surface area (Å²) in [6, 6.07) is 4.19. The van der Waals surface area contributed by atoms with Gasteiger partial charge in [0.15, 0.2) is 0 Å². The third-order valence-electron chi connectivity index (χ3n) is 5.92. The maximum atomic E-state index is 13.2. The van der Waals surface area contributed by atoms with Crippen molar-refractivity contribution in [2.24, 2.45) is 5.41 Å². The second-order valence-electron chi connectivity index (χ2n) is 13.0. The predicted molar refractivity (Wildman–Crippen MR) is 157 cm³/mol. The first-order chi connectivity index (χ1) is 18.0. The Labute approximate surface area is 238 Å². The first-order valence-corrected chi connectivity index (χ1v) is 23.9. The molecular formula is C27H40N6O4SSn. The van der Waals surface area contributed by atoms with Gasteiger partial charge >= 0.3 is 240 Å². The summed E-state index contributed by atoms with van der Waals surface area (Å²) in [5.41, 5.74) is 6.69. The van der Waals surface area contributed by atoms with Crippen LogP contribution in [0.5, 0.6) is 11.5 Å². The number of aromatic nitrogens is 4. The van der Waals surface area contributed by atoms with Gasteiger partial charge in [-0.15, -0.1) is 0 Å². The summed E-state index contributed by atoms with van der Waals surface area (Å²) < 4.78 is 20.5. The van der Waals surface area contributed by atoms with Crippen LogP contribution in [0.3, 0.4) is 0 Å². The van der Waals surface area contributed by atoms with E-state index in [9.17, 15) is 4.79 Å². The van der Waals surface area contributed by atoms with Gasteiger partial charge in [-0.25, -0.2) is 0 Å². The number of anilines is 1. The van der Waals surface area contributed by atoms with Crippen molar-refractivity contribution in [3.63, 3.8) is 0 Å². The Kier molecular flexibility index (Phi) is 8.24. The van der Waals surface area contributed by atoms with Gasteiger partial charge in [0.2, 0.25) is 0 Å². The molecule has 0 unspecified atom stereocenters. The summed E-state index contributed by atoms with van der Waals surface area (Å²) in [6.07, 6.45) is 1.10. The van der Waals surface area contributed by atoms with Crippen LogP contribution in [0.15, 0.2) is 28.5 Å². The molecule has 2 N–H and O–H groups in total. The fraction of sp³-hybridized carbons (Fsp3) is 0.556. The number of benzene rings is 1. The fourth-order valence-corrected chi connectivity index (χ4v) is 11.6. The topological polar surface area (TPSA) is 118 Å². The molecule has 0 saturated heterocycles. The van der Waals surface area contributed by atoms with Gasteiger partial charge in [0.05, 0.1) is 0 Å². The van der Waals surface area contributed by atoms with Crippen LogP contribution < -0.4 is 18.8 Å². The number of nitrogens with two attached hydrogens (primary N) is 1. The molecule has 0 saturated carbocycles. The zero-order chi connectivity index (χ0) is 28.8. The second-order valence-corrected chi connectivity index (χ2v) is 28.4. The van der Waals surface area contributed by atoms with Crippen LogP contribution in [0.2, 0.25) is 14.8 Å². The molecule has 1 aliphatic heterocycles. The molecule has 1 aliphatic rings. The molecule has 0 fully saturated rings. The average molecular weight is 663 g/mol. The first-order valence-electron chi connectivity index (χ1n) is 13.1. The van der Waals surface area contributed by atoms with Crippen molar-refractivity contribution in [3.05, 3.63) is 18.5 Å². The molecular weight excluding hydrogens is 623 g/mol. The van der Waals surface area contributed by atoms with Crippen molar-refractivity contribution >= 4 is 56.8 Å². The summed E-state index contributed by atoms with van der Waals surface area (Å²) in [5.74, 6) is 1.85. The minimum atomic E-state index is -2.58. The van der Waals surface area contributed by atoms with Crippen LogP contribution in [-0.4, -0.2) is 74.4 Å². The number of nitrogens with zero attached hydrogens (tertiary/aromatic N) is 5. The van der Waals surface area contributed by atoms with E-state index in [0.717, 1.165) is 21.6 Å². The van der Waals surface area contributed by atoms with Crippen molar-refractivity contribution < 1.29 is 19.0 Å². The average Bonchev–Trinajstić information content (AvgIpc) is 3.38. The molecule has 0 aliphatic carbocycles. The number of carbonyl (C=O) groups excluding carboxylic acids is 1. The molecule has 1 amide bonds. The van der Waals surface area contributed by atoms with Crippen LogP contribution in [0.4, 0.5) is 10.6 Å². The molecule has 0 radical (unpaired) electrons. The summed E-state index contributed by atoms with van der Waals surface area (Å²) in [5, 5.41) is 0.729. The van der Waals surface area contributed by atoms with Gasteiger partial charge in [-0.2, -0.15) is 0 Å². The zero-order valence-corrected chi connectivity index (χ0v) is 28.1. The molecule has 3 heterocycles. The van der Waals surface area contributed by atoms with E-state index >= 15 is 0 Å². The van der Waals surface area contributed by atoms with E-state index in [1.807, 2.05) is 25.3 Å². The summed E-state index contributed by atoms with van der Waals surface area (Å²) in [7, 11) is 0. The monoisotopic (exact) mass is 664 g/mol. The van der Waals surface area contributed by atoms with Gasteiger partial charge in [0.1, 0.15) is 0 Å². The van der Waals surface area contributed by atoms with Crippen molar-refractivity contribution in [3.8, 4) is 11.5 Å². The third-order valence-corrected chi connectivity index (χ3v) is 13.3. The molecule has 0 atom stereocenters. The SMILES string of the molecule is CC(C)(C)CN(CCn1c(Sc2cc3c(c[c]2[Sn]([CH3])([CH3])[CH3])OCO3)nc2c(N)ncnc21)C(=O)OC(C)(C)C. The van der Waals surface area contributed by atoms with E-state index in [1.54, 1.807) is 16.7 Å². The van der Waals surface area contributed by atoms with E-state index in [0.29, 0.717) is 36.6 Å². The molecule has 2 aromatic heterocycles. The van der Waals surface area contributed by atoms with Crippen LogP contribution in [0.25, 0.3) is 11.2 Å². The molecule has 0 spiro atoms. The number of carbonyl (C=O) groups is 1. The van der Waals surface area contributed by atoms with E-state index < -0.39 is 24.0 Å². The molecule has 39 heavy (non-hydrogen) atoms. The molecule has 0 bridgehead atoms. The standard InChI is InChI=1S/C24H31N6O4S.3CH3.Sn/c1-23(2,3)12-29(22(31)34-24(4,5)6)9-10-30-20-18(19(25)26-13-27-20)28-21(30)35-15-7-8-16-17(11-15)33-14-32-16;;;;/h8,11,13H,9-10,12,14H2,1-6H3,(H2,25,26,27);3*1H3;. The quantitative estimate of drug-likeness (QED) is 0.344. The number of hydrogen-bond acceptors (Lipinski definition) is 9. The predicted octanol–water partition coefficient (Wildman–Crippen LogP) is 5.12. The number of fused-ring (bicyclic) bond motifs is 2. The Hall–Kier alpha value is -2.41. The Morgan fingerprint density at radius 2 is 1.79 bits per heavy atom. The number of hydrogen-bond donors (Lipinski definition) is 1. The summed E-state index contributed by atoms with van der Waals surface area (Å²) in [4.78, 5) is 36.7. The Balaban J connectivity index is 1.73. The van der Waals surface area contributed by atoms with Crippen molar-refractivity contribution in [2.75, 3.05) is 25.6 Å². The normalized spacial score (nSPS) is 13.7. The zero-order valence-electron chi connectivity index (χ0n) is 24.4.